The van der Waals surface area contributed by atoms with Crippen LogP contribution in [-0.2, 0) is 9.59 Å². The highest BCUT2D eigenvalue weighted by atomic mass is 32.2. The van der Waals surface area contributed by atoms with E-state index in [1.807, 2.05) is 60.7 Å². The Hall–Kier alpha value is -4.94. The van der Waals surface area contributed by atoms with Gasteiger partial charge in [-0.25, -0.2) is 10.5 Å². The first-order valence-electron chi connectivity index (χ1n) is 11.6. The highest BCUT2D eigenvalue weighted by molar-refractivity contribution is 7.99. The lowest BCUT2D eigenvalue weighted by Crippen LogP contribution is -2.43. The fraction of sp³-hybridized carbons (Fsp3) is 0.0741. The highest BCUT2D eigenvalue weighted by Gasteiger charge is 2.36. The van der Waals surface area contributed by atoms with Gasteiger partial charge in [0.2, 0.25) is 5.16 Å². The number of phenolic OH excluding ortho intramolecular Hbond substituents is 1. The predicted octanol–water partition coefficient (Wildman–Crippen LogP) is 3.22. The lowest BCUT2D eigenvalue weighted by Gasteiger charge is -2.22. The number of rotatable bonds is 8. The number of methoxy groups -OCH3 is 1. The van der Waals surface area contributed by atoms with Gasteiger partial charge in [0.05, 0.1) is 12.9 Å². The van der Waals surface area contributed by atoms with Gasteiger partial charge >= 0.3 is 0 Å². The second-order valence-corrected chi connectivity index (χ2v) is 9.13. The molecule has 5 rings (SSSR count). The minimum atomic E-state index is -0.637. The van der Waals surface area contributed by atoms with Gasteiger partial charge in [0, 0.05) is 11.1 Å². The van der Waals surface area contributed by atoms with E-state index in [1.54, 1.807) is 23.7 Å². The number of carbonyl (C=O) groups is 2. The number of benzene rings is 3. The van der Waals surface area contributed by atoms with Crippen molar-refractivity contribution in [2.24, 2.45) is 4.99 Å². The third-order valence-corrected chi connectivity index (χ3v) is 6.60. The largest absolute Gasteiger partial charge is 0.504 e. The van der Waals surface area contributed by atoms with Crippen LogP contribution in [0.1, 0.15) is 11.1 Å². The zero-order valence-electron chi connectivity index (χ0n) is 20.6. The number of nitrogens with one attached hydrogen (secondary N) is 1. The molecule has 0 aliphatic carbocycles. The predicted molar refractivity (Wildman–Crippen MR) is 145 cm³/mol. The minimum absolute atomic E-state index is 0.0296. The van der Waals surface area contributed by atoms with E-state index in [1.165, 1.54) is 22.9 Å². The van der Waals surface area contributed by atoms with Gasteiger partial charge in [0.1, 0.15) is 5.70 Å². The second-order valence-electron chi connectivity index (χ2n) is 8.19. The molecule has 0 spiro atoms. The second kappa shape index (κ2) is 11.2. The molecule has 3 N–H and O–H groups in total. The molecule has 0 atom stereocenters. The molecule has 0 radical (unpaired) electrons. The molecule has 0 unspecified atom stereocenters. The van der Waals surface area contributed by atoms with Crippen LogP contribution in [0.15, 0.2) is 94.7 Å². The number of hydrogen-bond donors (Lipinski definition) is 3. The van der Waals surface area contributed by atoms with Gasteiger partial charge < -0.3 is 9.84 Å². The quantitative estimate of drug-likeness (QED) is 0.133. The molecule has 2 heterocycles. The Balaban J connectivity index is 1.66. The van der Waals surface area contributed by atoms with Gasteiger partial charge in [0.15, 0.2) is 23.2 Å². The van der Waals surface area contributed by atoms with E-state index in [2.05, 4.69) is 15.2 Å². The molecular formula is C27H22N6O5S. The van der Waals surface area contributed by atoms with E-state index in [9.17, 15) is 14.7 Å². The third-order valence-electron chi connectivity index (χ3n) is 5.68. The van der Waals surface area contributed by atoms with Crippen molar-refractivity contribution in [3.8, 4) is 22.9 Å². The molecule has 1 aliphatic heterocycles. The van der Waals surface area contributed by atoms with Gasteiger partial charge in [-0.15, -0.1) is 10.2 Å². The van der Waals surface area contributed by atoms with Crippen LogP contribution >= 0.6 is 11.8 Å². The van der Waals surface area contributed by atoms with Crippen molar-refractivity contribution >= 4 is 35.5 Å². The van der Waals surface area contributed by atoms with Crippen molar-refractivity contribution in [3.63, 3.8) is 0 Å². The van der Waals surface area contributed by atoms with Gasteiger partial charge in [-0.1, -0.05) is 78.5 Å². The molecule has 39 heavy (non-hydrogen) atoms. The van der Waals surface area contributed by atoms with E-state index in [0.717, 1.165) is 11.8 Å². The van der Waals surface area contributed by atoms with Crippen molar-refractivity contribution in [1.82, 2.24) is 20.4 Å². The van der Waals surface area contributed by atoms with Crippen LogP contribution in [0, 0.1) is 0 Å². The summed E-state index contributed by atoms with van der Waals surface area (Å²) in [5, 5.41) is 29.1. The van der Waals surface area contributed by atoms with Crippen molar-refractivity contribution in [2.45, 2.75) is 5.16 Å². The molecule has 0 saturated heterocycles. The number of carbonyl (C=O) groups excluding carboxylic acids is 2. The van der Waals surface area contributed by atoms with E-state index in [0.29, 0.717) is 28.4 Å². The van der Waals surface area contributed by atoms with E-state index in [-0.39, 0.29) is 28.1 Å². The zero-order valence-corrected chi connectivity index (χ0v) is 21.4. The number of hydroxylamine groups is 1. The number of aromatic nitrogens is 3. The number of nitrogens with zero attached hydrogens (tertiary/aromatic N) is 5. The lowest BCUT2D eigenvalue weighted by atomic mass is 10.1. The molecule has 0 bridgehead atoms. The van der Waals surface area contributed by atoms with Gasteiger partial charge in [-0.2, -0.15) is 9.69 Å². The average molecular weight is 543 g/mol. The summed E-state index contributed by atoms with van der Waals surface area (Å²) in [5.41, 5.74) is 3.65. The topological polar surface area (TPSA) is 142 Å². The number of thioether (sulfide) groups is 1. The summed E-state index contributed by atoms with van der Waals surface area (Å²) in [6.45, 7) is 0. The summed E-state index contributed by atoms with van der Waals surface area (Å²) >= 11 is 0.998. The minimum Gasteiger partial charge on any atom is -0.504 e. The number of aliphatic imine (C=N–C) groups is 1. The SMILES string of the molecule is COc1cc(/C=C2\N=C(c3ccccc3)N(n3c(SCC(=O)NO)nnc3-c3ccccc3)C2=O)ccc1O. The molecule has 2 amide bonds. The van der Waals surface area contributed by atoms with E-state index < -0.39 is 11.8 Å². The standard InChI is InChI=1S/C27H22N6O5S/c1-38-22-15-17(12-13-21(22)34)14-20-26(36)32(24(28-20)18-8-4-2-5-9-18)33-25(19-10-6-3-7-11-19)29-30-27(33)39-16-23(35)31-37/h2-15,34,37H,16H2,1H3,(H,31,35)/b20-14-. The van der Waals surface area contributed by atoms with Crippen molar-refractivity contribution in [3.05, 3.63) is 95.7 Å². The molecule has 1 aliphatic rings. The number of ether oxygens (including phenoxy) is 1. The van der Waals surface area contributed by atoms with Gasteiger partial charge in [0.25, 0.3) is 11.8 Å². The van der Waals surface area contributed by atoms with E-state index in [4.69, 9.17) is 9.94 Å². The maximum Gasteiger partial charge on any atom is 0.297 e. The van der Waals surface area contributed by atoms with Crippen LogP contribution in [0.4, 0.5) is 0 Å². The van der Waals surface area contributed by atoms with Gasteiger partial charge in [-0.05, 0) is 23.8 Å². The number of amidine groups is 1. The highest BCUT2D eigenvalue weighted by Crippen LogP contribution is 2.31. The Labute approximate surface area is 227 Å². The fourth-order valence-corrected chi connectivity index (χ4v) is 4.59. The summed E-state index contributed by atoms with van der Waals surface area (Å²) in [7, 11) is 1.44. The average Bonchev–Trinajstić information content (AvgIpc) is 3.53. The Kier molecular flexibility index (Phi) is 7.39. The Morgan fingerprint density at radius 2 is 1.72 bits per heavy atom. The monoisotopic (exact) mass is 542 g/mol. The van der Waals surface area contributed by atoms with Gasteiger partial charge in [-0.3, -0.25) is 14.8 Å². The number of phenols is 1. The molecule has 4 aromatic rings. The van der Waals surface area contributed by atoms with Crippen LogP contribution in [0.25, 0.3) is 17.5 Å². The summed E-state index contributed by atoms with van der Waals surface area (Å²) < 4.78 is 6.71. The van der Waals surface area contributed by atoms with Crippen LogP contribution in [0.5, 0.6) is 11.5 Å². The van der Waals surface area contributed by atoms with Crippen molar-refractivity contribution < 1.29 is 24.6 Å². The van der Waals surface area contributed by atoms with Crippen LogP contribution in [-0.4, -0.2) is 55.7 Å². The zero-order chi connectivity index (χ0) is 27.4. The van der Waals surface area contributed by atoms with Crippen molar-refractivity contribution in [1.29, 1.82) is 0 Å². The van der Waals surface area contributed by atoms with Crippen LogP contribution < -0.4 is 15.2 Å². The first-order chi connectivity index (χ1) is 19.0. The number of aromatic hydroxyl groups is 1. The molecule has 196 valence electrons. The molecule has 0 fully saturated rings. The summed E-state index contributed by atoms with van der Waals surface area (Å²) in [5.74, 6) is -0.369. The van der Waals surface area contributed by atoms with E-state index >= 15 is 0 Å². The number of hydrogen-bond acceptors (Lipinski definition) is 9. The molecule has 1 aromatic heterocycles. The smallest absolute Gasteiger partial charge is 0.297 e. The Morgan fingerprint density at radius 3 is 2.38 bits per heavy atom. The Morgan fingerprint density at radius 1 is 1.03 bits per heavy atom. The number of amides is 2. The van der Waals surface area contributed by atoms with Crippen LogP contribution in [0.3, 0.4) is 0 Å². The maximum absolute atomic E-state index is 14.0. The fourth-order valence-electron chi connectivity index (χ4n) is 3.87. The molecule has 0 saturated carbocycles. The first kappa shape index (κ1) is 25.7. The maximum atomic E-state index is 14.0. The van der Waals surface area contributed by atoms with Crippen LogP contribution in [0.2, 0.25) is 0 Å². The van der Waals surface area contributed by atoms with Crippen molar-refractivity contribution in [2.75, 3.05) is 17.9 Å². The summed E-state index contributed by atoms with van der Waals surface area (Å²) in [6, 6.07) is 23.1. The Bertz CT molecular complexity index is 1590. The lowest BCUT2D eigenvalue weighted by molar-refractivity contribution is -0.126. The molecule has 3 aromatic carbocycles. The summed E-state index contributed by atoms with van der Waals surface area (Å²) in [6.07, 6.45) is 1.59. The third kappa shape index (κ3) is 5.23. The molecule has 11 nitrogen and oxygen atoms in total. The normalized spacial score (nSPS) is 14.0. The first-order valence-corrected chi connectivity index (χ1v) is 12.6. The summed E-state index contributed by atoms with van der Waals surface area (Å²) in [4.78, 5) is 30.5. The molecule has 12 heteroatoms. The molecular weight excluding hydrogens is 520 g/mol.